The number of nitrogens with one attached hydrogen (secondary N) is 1. The minimum absolute atomic E-state index is 0.250. The van der Waals surface area contributed by atoms with Gasteiger partial charge in [0.05, 0.1) is 12.7 Å². The Labute approximate surface area is 139 Å². The molecule has 0 aliphatic heterocycles. The minimum atomic E-state index is -0.332. The van der Waals surface area contributed by atoms with Crippen LogP contribution in [0.15, 0.2) is 60.7 Å². The third-order valence-corrected chi connectivity index (χ3v) is 3.90. The van der Waals surface area contributed by atoms with Crippen molar-refractivity contribution < 1.29 is 9.84 Å². The molecule has 2 N–H and O–H groups in total. The molecule has 0 radical (unpaired) electrons. The van der Waals surface area contributed by atoms with Gasteiger partial charge in [0.2, 0.25) is 0 Å². The summed E-state index contributed by atoms with van der Waals surface area (Å²) >= 11 is 0. The Morgan fingerprint density at radius 2 is 1.65 bits per heavy atom. The van der Waals surface area contributed by atoms with E-state index in [9.17, 15) is 5.11 Å². The first-order valence-corrected chi connectivity index (χ1v) is 8.34. The molecule has 23 heavy (non-hydrogen) atoms. The fraction of sp³-hybridized carbons (Fsp3) is 0.400. The summed E-state index contributed by atoms with van der Waals surface area (Å²) in [6, 6.07) is 20.7. The highest BCUT2D eigenvalue weighted by Gasteiger charge is 2.08. The molecule has 2 aromatic carbocycles. The summed E-state index contributed by atoms with van der Waals surface area (Å²) in [5.41, 5.74) is 2.43. The Hall–Kier alpha value is -1.68. The van der Waals surface area contributed by atoms with Gasteiger partial charge in [0.15, 0.2) is 0 Å². The lowest BCUT2D eigenvalue weighted by Gasteiger charge is -2.17. The number of aliphatic hydroxyl groups excluding tert-OH is 1. The highest BCUT2D eigenvalue weighted by molar-refractivity contribution is 5.18. The maximum Gasteiger partial charge on any atom is 0.0716 e. The number of aliphatic hydroxyl groups is 1. The van der Waals surface area contributed by atoms with Crippen molar-refractivity contribution in [3.63, 3.8) is 0 Å². The normalized spacial score (nSPS) is 13.7. The molecule has 2 rings (SSSR count). The molecule has 3 nitrogen and oxygen atoms in total. The molecule has 2 atom stereocenters. The molecule has 3 heteroatoms. The summed E-state index contributed by atoms with van der Waals surface area (Å²) in [5, 5.41) is 13.4. The zero-order valence-electron chi connectivity index (χ0n) is 13.8. The van der Waals surface area contributed by atoms with Crippen LogP contribution in [0.5, 0.6) is 0 Å². The van der Waals surface area contributed by atoms with E-state index in [0.29, 0.717) is 19.8 Å². The van der Waals surface area contributed by atoms with Crippen LogP contribution in [-0.2, 0) is 11.3 Å². The number of ether oxygens (including phenoxy) is 1. The summed E-state index contributed by atoms with van der Waals surface area (Å²) in [4.78, 5) is 0. The van der Waals surface area contributed by atoms with E-state index in [-0.39, 0.29) is 12.1 Å². The molecule has 0 amide bonds. The lowest BCUT2D eigenvalue weighted by atomic mass is 10.1. The Morgan fingerprint density at radius 1 is 1.00 bits per heavy atom. The van der Waals surface area contributed by atoms with Gasteiger partial charge < -0.3 is 15.2 Å². The monoisotopic (exact) mass is 313 g/mol. The second-order valence-electron chi connectivity index (χ2n) is 5.87. The standard InChI is InChI=1S/C20H27NO2/c1-17(19-11-6-3-7-12-19)21-15-20(22)13-8-14-23-16-18-9-4-2-5-10-18/h2-7,9-12,17,20-22H,8,13-16H2,1H3/t17-,20?/m0/s1. The van der Waals surface area contributed by atoms with Crippen LogP contribution < -0.4 is 5.32 Å². The smallest absolute Gasteiger partial charge is 0.0716 e. The highest BCUT2D eigenvalue weighted by Crippen LogP contribution is 2.11. The van der Waals surface area contributed by atoms with Gasteiger partial charge in [-0.2, -0.15) is 0 Å². The fourth-order valence-electron chi connectivity index (χ4n) is 2.46. The zero-order chi connectivity index (χ0) is 16.3. The zero-order valence-corrected chi connectivity index (χ0v) is 13.8. The maximum absolute atomic E-state index is 10.0. The Bertz CT molecular complexity index is 530. The van der Waals surface area contributed by atoms with Crippen molar-refractivity contribution in [3.8, 4) is 0 Å². The molecule has 124 valence electrons. The SMILES string of the molecule is C[C@H](NCC(O)CCCOCc1ccccc1)c1ccccc1. The molecule has 0 aliphatic rings. The van der Waals surface area contributed by atoms with Crippen LogP contribution in [-0.4, -0.2) is 24.4 Å². The van der Waals surface area contributed by atoms with Crippen LogP contribution in [0.2, 0.25) is 0 Å². The van der Waals surface area contributed by atoms with Crippen LogP contribution in [0.1, 0.15) is 36.9 Å². The molecule has 1 unspecified atom stereocenters. The van der Waals surface area contributed by atoms with Gasteiger partial charge in [0.25, 0.3) is 0 Å². The van der Waals surface area contributed by atoms with Crippen LogP contribution >= 0.6 is 0 Å². The van der Waals surface area contributed by atoms with E-state index in [1.807, 2.05) is 36.4 Å². The number of benzene rings is 2. The summed E-state index contributed by atoms with van der Waals surface area (Å²) < 4.78 is 5.63. The summed E-state index contributed by atoms with van der Waals surface area (Å²) in [5.74, 6) is 0. The number of hydrogen-bond donors (Lipinski definition) is 2. The maximum atomic E-state index is 10.0. The van der Waals surface area contributed by atoms with Crippen molar-refractivity contribution in [2.24, 2.45) is 0 Å². The molecule has 0 aliphatic carbocycles. The first kappa shape index (κ1) is 17.7. The van der Waals surface area contributed by atoms with Crippen LogP contribution in [0.3, 0.4) is 0 Å². The summed E-state index contributed by atoms with van der Waals surface area (Å²) in [6.45, 7) is 4.04. The van der Waals surface area contributed by atoms with Gasteiger partial charge in [0.1, 0.15) is 0 Å². The molecule has 0 saturated carbocycles. The highest BCUT2D eigenvalue weighted by atomic mass is 16.5. The van der Waals surface area contributed by atoms with Gasteiger partial charge in [-0.25, -0.2) is 0 Å². The molecule has 0 aromatic heterocycles. The lowest BCUT2D eigenvalue weighted by Crippen LogP contribution is -2.29. The molecule has 0 saturated heterocycles. The van der Waals surface area contributed by atoms with E-state index in [0.717, 1.165) is 12.8 Å². The topological polar surface area (TPSA) is 41.5 Å². The quantitative estimate of drug-likeness (QED) is 0.657. The van der Waals surface area contributed by atoms with E-state index >= 15 is 0 Å². The number of hydrogen-bond acceptors (Lipinski definition) is 3. The molecule has 2 aromatic rings. The predicted octanol–water partition coefficient (Wildman–Crippen LogP) is 3.70. The summed E-state index contributed by atoms with van der Waals surface area (Å²) in [7, 11) is 0. The number of rotatable bonds is 10. The van der Waals surface area contributed by atoms with E-state index in [4.69, 9.17) is 4.74 Å². The second-order valence-corrected chi connectivity index (χ2v) is 5.87. The lowest BCUT2D eigenvalue weighted by molar-refractivity contribution is 0.0961. The Morgan fingerprint density at radius 3 is 2.35 bits per heavy atom. The van der Waals surface area contributed by atoms with Gasteiger partial charge in [0, 0.05) is 19.2 Å². The third kappa shape index (κ3) is 6.95. The first-order chi connectivity index (χ1) is 11.3. The Balaban J connectivity index is 1.54. The Kier molecular flexibility index (Phi) is 7.81. The van der Waals surface area contributed by atoms with E-state index in [2.05, 4.69) is 36.5 Å². The van der Waals surface area contributed by atoms with E-state index < -0.39 is 0 Å². The molecule has 0 bridgehead atoms. The van der Waals surface area contributed by atoms with Crippen molar-refractivity contribution >= 4 is 0 Å². The van der Waals surface area contributed by atoms with Crippen molar-refractivity contribution in [1.29, 1.82) is 0 Å². The van der Waals surface area contributed by atoms with Crippen molar-refractivity contribution in [1.82, 2.24) is 5.32 Å². The molecule has 0 spiro atoms. The van der Waals surface area contributed by atoms with Crippen LogP contribution in [0, 0.1) is 0 Å². The fourth-order valence-corrected chi connectivity index (χ4v) is 2.46. The van der Waals surface area contributed by atoms with Crippen LogP contribution in [0.25, 0.3) is 0 Å². The first-order valence-electron chi connectivity index (χ1n) is 8.34. The largest absolute Gasteiger partial charge is 0.392 e. The van der Waals surface area contributed by atoms with Gasteiger partial charge in [-0.3, -0.25) is 0 Å². The molecule has 0 fully saturated rings. The third-order valence-electron chi connectivity index (χ3n) is 3.90. The average molecular weight is 313 g/mol. The van der Waals surface area contributed by atoms with E-state index in [1.165, 1.54) is 11.1 Å². The summed E-state index contributed by atoms with van der Waals surface area (Å²) in [6.07, 6.45) is 1.29. The molecule has 0 heterocycles. The predicted molar refractivity (Wildman–Crippen MR) is 94.2 cm³/mol. The minimum Gasteiger partial charge on any atom is -0.392 e. The average Bonchev–Trinajstić information content (AvgIpc) is 2.61. The van der Waals surface area contributed by atoms with E-state index in [1.54, 1.807) is 0 Å². The van der Waals surface area contributed by atoms with Gasteiger partial charge in [-0.1, -0.05) is 60.7 Å². The van der Waals surface area contributed by atoms with Gasteiger partial charge in [-0.05, 0) is 30.9 Å². The van der Waals surface area contributed by atoms with Crippen molar-refractivity contribution in [3.05, 3.63) is 71.8 Å². The molecular weight excluding hydrogens is 286 g/mol. The van der Waals surface area contributed by atoms with Gasteiger partial charge >= 0.3 is 0 Å². The van der Waals surface area contributed by atoms with Crippen molar-refractivity contribution in [2.45, 2.75) is 38.5 Å². The van der Waals surface area contributed by atoms with Crippen molar-refractivity contribution in [2.75, 3.05) is 13.2 Å². The molecular formula is C20H27NO2. The second kappa shape index (κ2) is 10.2. The van der Waals surface area contributed by atoms with Crippen LogP contribution in [0.4, 0.5) is 0 Å². The van der Waals surface area contributed by atoms with Gasteiger partial charge in [-0.15, -0.1) is 0 Å².